The van der Waals surface area contributed by atoms with Crippen molar-refractivity contribution in [1.29, 1.82) is 0 Å². The van der Waals surface area contributed by atoms with E-state index in [-0.39, 0.29) is 25.0 Å². The molecule has 0 atom stereocenters. The first-order chi connectivity index (χ1) is 12.3. The minimum Gasteiger partial charge on any atom is -0.489 e. The molecule has 0 bridgehead atoms. The van der Waals surface area contributed by atoms with Crippen molar-refractivity contribution in [2.75, 3.05) is 26.8 Å². The molecule has 0 spiro atoms. The Kier molecular flexibility index (Phi) is 6.37. The van der Waals surface area contributed by atoms with Gasteiger partial charge < -0.3 is 14.4 Å². The van der Waals surface area contributed by atoms with Gasteiger partial charge in [0.15, 0.2) is 35.6 Å². The summed E-state index contributed by atoms with van der Waals surface area (Å²) < 4.78 is 76.1. The van der Waals surface area contributed by atoms with Gasteiger partial charge in [0.1, 0.15) is 6.61 Å². The number of amides is 1. The van der Waals surface area contributed by atoms with Crippen molar-refractivity contribution in [3.63, 3.8) is 0 Å². The van der Waals surface area contributed by atoms with Crippen LogP contribution in [0.4, 0.5) is 22.0 Å². The molecule has 0 fully saturated rings. The number of halogens is 5. The molecule has 0 heterocycles. The van der Waals surface area contributed by atoms with E-state index >= 15 is 0 Å². The molecule has 1 amide bonds. The van der Waals surface area contributed by atoms with Gasteiger partial charge in [-0.05, 0) is 12.1 Å². The van der Waals surface area contributed by atoms with Gasteiger partial charge in [-0.2, -0.15) is 8.78 Å². The number of benzene rings is 2. The lowest BCUT2D eigenvalue weighted by Gasteiger charge is -2.18. The van der Waals surface area contributed by atoms with Gasteiger partial charge in [-0.3, -0.25) is 4.79 Å². The van der Waals surface area contributed by atoms with Gasteiger partial charge in [0.05, 0.1) is 6.54 Å². The van der Waals surface area contributed by atoms with Crippen LogP contribution in [0.1, 0.15) is 0 Å². The third-order valence-corrected chi connectivity index (χ3v) is 3.36. The molecule has 2 aromatic rings. The number of ether oxygens (including phenoxy) is 2. The highest BCUT2D eigenvalue weighted by atomic mass is 19.2. The summed E-state index contributed by atoms with van der Waals surface area (Å²) in [5.41, 5.74) is 0. The van der Waals surface area contributed by atoms with E-state index in [1.165, 1.54) is 25.2 Å². The van der Waals surface area contributed by atoms with Crippen LogP contribution < -0.4 is 9.47 Å². The summed E-state index contributed by atoms with van der Waals surface area (Å²) in [5, 5.41) is 0. The fourth-order valence-corrected chi connectivity index (χ4v) is 1.90. The lowest BCUT2D eigenvalue weighted by atomic mass is 10.3. The van der Waals surface area contributed by atoms with E-state index in [9.17, 15) is 26.7 Å². The van der Waals surface area contributed by atoms with Gasteiger partial charge in [-0.1, -0.05) is 12.1 Å². The van der Waals surface area contributed by atoms with E-state index in [1.807, 2.05) is 0 Å². The fraction of sp³-hybridized carbons (Fsp3) is 0.235. The Morgan fingerprint density at radius 1 is 0.962 bits per heavy atom. The first kappa shape index (κ1) is 19.5. The Balaban J connectivity index is 1.87. The third-order valence-electron chi connectivity index (χ3n) is 3.36. The smallest absolute Gasteiger partial charge is 0.260 e. The highest BCUT2D eigenvalue weighted by molar-refractivity contribution is 5.77. The molecule has 26 heavy (non-hydrogen) atoms. The van der Waals surface area contributed by atoms with E-state index < -0.39 is 47.3 Å². The molecular formula is C17H14F5NO3. The zero-order valence-corrected chi connectivity index (χ0v) is 13.6. The van der Waals surface area contributed by atoms with Crippen molar-refractivity contribution >= 4 is 5.91 Å². The summed E-state index contributed by atoms with van der Waals surface area (Å²) in [6.45, 7) is -0.896. The molecule has 0 aliphatic rings. The second kappa shape index (κ2) is 8.50. The van der Waals surface area contributed by atoms with Crippen LogP contribution >= 0.6 is 0 Å². The van der Waals surface area contributed by atoms with Crippen molar-refractivity contribution in [3.8, 4) is 11.5 Å². The molecule has 0 unspecified atom stereocenters. The van der Waals surface area contributed by atoms with E-state index in [2.05, 4.69) is 4.74 Å². The fourth-order valence-electron chi connectivity index (χ4n) is 1.90. The Labute approximate surface area is 145 Å². The number of rotatable bonds is 7. The molecule has 0 aliphatic heterocycles. The van der Waals surface area contributed by atoms with Crippen molar-refractivity contribution in [1.82, 2.24) is 4.90 Å². The van der Waals surface area contributed by atoms with E-state index in [0.717, 1.165) is 4.90 Å². The van der Waals surface area contributed by atoms with Crippen LogP contribution in [0.5, 0.6) is 11.5 Å². The van der Waals surface area contributed by atoms with E-state index in [1.54, 1.807) is 6.07 Å². The number of para-hydroxylation sites is 1. The maximum Gasteiger partial charge on any atom is 0.260 e. The molecule has 0 radical (unpaired) electrons. The molecule has 2 rings (SSSR count). The summed E-state index contributed by atoms with van der Waals surface area (Å²) in [7, 11) is 1.34. The molecular weight excluding hydrogens is 361 g/mol. The summed E-state index contributed by atoms with van der Waals surface area (Å²) in [6, 6.07) is 5.71. The van der Waals surface area contributed by atoms with Gasteiger partial charge in [0, 0.05) is 13.1 Å². The van der Waals surface area contributed by atoms with Gasteiger partial charge in [-0.25, -0.2) is 13.2 Å². The molecule has 140 valence electrons. The number of carbonyl (C=O) groups excluding carboxylic acids is 1. The zero-order chi connectivity index (χ0) is 19.3. The van der Waals surface area contributed by atoms with Gasteiger partial charge in [0.25, 0.3) is 5.91 Å². The highest BCUT2D eigenvalue weighted by Crippen LogP contribution is 2.26. The van der Waals surface area contributed by atoms with Crippen LogP contribution in [-0.4, -0.2) is 37.6 Å². The van der Waals surface area contributed by atoms with Crippen LogP contribution in [0.2, 0.25) is 0 Å². The molecule has 0 aromatic heterocycles. The highest BCUT2D eigenvalue weighted by Gasteiger charge is 2.22. The average Bonchev–Trinajstić information content (AvgIpc) is 2.61. The van der Waals surface area contributed by atoms with E-state index in [0.29, 0.717) is 0 Å². The second-order valence-electron chi connectivity index (χ2n) is 5.18. The van der Waals surface area contributed by atoms with Crippen LogP contribution in [-0.2, 0) is 4.79 Å². The third kappa shape index (κ3) is 4.62. The Morgan fingerprint density at radius 3 is 2.19 bits per heavy atom. The van der Waals surface area contributed by atoms with Crippen LogP contribution in [0.3, 0.4) is 0 Å². The predicted molar refractivity (Wildman–Crippen MR) is 81.3 cm³/mol. The monoisotopic (exact) mass is 375 g/mol. The first-order valence-corrected chi connectivity index (χ1v) is 7.38. The van der Waals surface area contributed by atoms with Gasteiger partial charge in [-0.15, -0.1) is 0 Å². The number of likely N-dealkylation sites (N-methyl/N-ethyl adjacent to an activating group) is 1. The Hall–Kier alpha value is -2.84. The molecule has 0 saturated carbocycles. The number of carbonyl (C=O) groups is 1. The summed E-state index contributed by atoms with van der Waals surface area (Å²) in [4.78, 5) is 12.9. The maximum atomic E-state index is 13.4. The largest absolute Gasteiger partial charge is 0.489 e. The number of hydrogen-bond donors (Lipinski definition) is 0. The molecule has 4 nitrogen and oxygen atoms in total. The zero-order valence-electron chi connectivity index (χ0n) is 13.6. The SMILES string of the molecule is CN(CCOc1ccccc1F)C(=O)COc1c(F)c(F)cc(F)c1F. The number of nitrogens with zero attached hydrogens (tertiary/aromatic N) is 1. The quantitative estimate of drug-likeness (QED) is 0.551. The van der Waals surface area contributed by atoms with E-state index in [4.69, 9.17) is 4.74 Å². The molecule has 2 aromatic carbocycles. The average molecular weight is 375 g/mol. The predicted octanol–water partition coefficient (Wildman–Crippen LogP) is 3.30. The first-order valence-electron chi connectivity index (χ1n) is 7.38. The molecule has 9 heteroatoms. The van der Waals surface area contributed by atoms with Crippen molar-refractivity contribution in [2.45, 2.75) is 0 Å². The summed E-state index contributed by atoms with van der Waals surface area (Å²) >= 11 is 0. The molecule has 0 aliphatic carbocycles. The second-order valence-corrected chi connectivity index (χ2v) is 5.18. The normalized spacial score (nSPS) is 10.5. The van der Waals surface area contributed by atoms with Crippen LogP contribution in [0.15, 0.2) is 30.3 Å². The summed E-state index contributed by atoms with van der Waals surface area (Å²) in [5.74, 6) is -9.36. The van der Waals surface area contributed by atoms with Gasteiger partial charge in [0.2, 0.25) is 11.6 Å². The van der Waals surface area contributed by atoms with Crippen LogP contribution in [0.25, 0.3) is 0 Å². The molecule has 0 saturated heterocycles. The minimum absolute atomic E-state index is 0.00368. The van der Waals surface area contributed by atoms with Crippen LogP contribution in [0, 0.1) is 29.1 Å². The Morgan fingerprint density at radius 2 is 1.58 bits per heavy atom. The van der Waals surface area contributed by atoms with Crippen molar-refractivity contribution < 1.29 is 36.2 Å². The Bertz CT molecular complexity index is 774. The maximum absolute atomic E-state index is 13.4. The lowest BCUT2D eigenvalue weighted by molar-refractivity contribution is -0.132. The minimum atomic E-state index is -1.73. The molecule has 0 N–H and O–H groups in total. The summed E-state index contributed by atoms with van der Waals surface area (Å²) in [6.07, 6.45) is 0. The topological polar surface area (TPSA) is 38.8 Å². The number of hydrogen-bond acceptors (Lipinski definition) is 3. The van der Waals surface area contributed by atoms with Crippen molar-refractivity contribution in [3.05, 3.63) is 59.4 Å². The standard InChI is InChI=1S/C17H14F5NO3/c1-23(6-7-25-13-5-3-2-4-10(13)18)14(24)9-26-17-15(21)11(19)8-12(20)16(17)22/h2-5,8H,6-7,9H2,1H3. The van der Waals surface area contributed by atoms with Gasteiger partial charge >= 0.3 is 0 Å². The van der Waals surface area contributed by atoms with Crippen molar-refractivity contribution in [2.24, 2.45) is 0 Å². The lowest BCUT2D eigenvalue weighted by Crippen LogP contribution is -2.34.